The number of hydrogen-bond acceptors (Lipinski definition) is 6. The number of thiophene rings is 1. The second kappa shape index (κ2) is 6.72. The van der Waals surface area contributed by atoms with Crippen molar-refractivity contribution in [1.82, 2.24) is 14.8 Å². The van der Waals surface area contributed by atoms with Crippen molar-refractivity contribution in [3.8, 4) is 11.4 Å². The zero-order valence-electron chi connectivity index (χ0n) is 13.1. The van der Waals surface area contributed by atoms with Crippen LogP contribution in [0, 0.1) is 0 Å². The maximum atomic E-state index is 11.4. The quantitative estimate of drug-likeness (QED) is 0.516. The molecule has 3 aromatic rings. The fraction of sp³-hybridized carbons (Fsp3) is 0.312. The third-order valence-corrected chi connectivity index (χ3v) is 5.33. The molecule has 0 fully saturated rings. The minimum atomic E-state index is -0.268. The van der Waals surface area contributed by atoms with Crippen molar-refractivity contribution in [2.75, 3.05) is 12.9 Å². The smallest absolute Gasteiger partial charge is 0.316 e. The van der Waals surface area contributed by atoms with Crippen molar-refractivity contribution in [3.63, 3.8) is 0 Å². The molecule has 0 spiro atoms. The van der Waals surface area contributed by atoms with Crippen molar-refractivity contribution in [2.24, 2.45) is 0 Å². The Morgan fingerprint density at radius 3 is 2.87 bits per heavy atom. The average Bonchev–Trinajstić information content (AvgIpc) is 3.15. The first-order valence-electron chi connectivity index (χ1n) is 7.23. The Morgan fingerprint density at radius 1 is 1.35 bits per heavy atom. The van der Waals surface area contributed by atoms with Crippen molar-refractivity contribution in [1.29, 1.82) is 0 Å². The van der Waals surface area contributed by atoms with E-state index in [0.717, 1.165) is 16.5 Å². The predicted molar refractivity (Wildman–Crippen MR) is 94.0 cm³/mol. The highest BCUT2D eigenvalue weighted by Crippen LogP contribution is 2.35. The summed E-state index contributed by atoms with van der Waals surface area (Å²) in [5, 5.41) is 12.7. The van der Waals surface area contributed by atoms with Gasteiger partial charge in [0.1, 0.15) is 0 Å². The molecule has 0 saturated carbocycles. The zero-order chi connectivity index (χ0) is 16.4. The van der Waals surface area contributed by atoms with E-state index in [1.54, 1.807) is 11.3 Å². The Kier molecular flexibility index (Phi) is 4.68. The molecule has 0 aliphatic rings. The maximum Gasteiger partial charge on any atom is 0.316 e. The van der Waals surface area contributed by atoms with Gasteiger partial charge in [-0.15, -0.1) is 21.5 Å². The van der Waals surface area contributed by atoms with Crippen LogP contribution in [0.2, 0.25) is 0 Å². The standard InChI is InChI=1S/C16H17N3O2S2/c1-10(2)19-15(17-18-16(19)23-9-14(20)21-3)12-8-22-13-7-5-4-6-11(12)13/h4-8,10H,9H2,1-3H3. The predicted octanol–water partition coefficient (Wildman–Crippen LogP) is 4.01. The highest BCUT2D eigenvalue weighted by atomic mass is 32.2. The Hall–Kier alpha value is -1.86. The first-order chi connectivity index (χ1) is 11.1. The van der Waals surface area contributed by atoms with Gasteiger partial charge < -0.3 is 4.74 Å². The van der Waals surface area contributed by atoms with Gasteiger partial charge in [0.2, 0.25) is 0 Å². The van der Waals surface area contributed by atoms with Gasteiger partial charge in [-0.3, -0.25) is 9.36 Å². The molecule has 120 valence electrons. The zero-order valence-corrected chi connectivity index (χ0v) is 14.8. The summed E-state index contributed by atoms with van der Waals surface area (Å²) < 4.78 is 7.99. The number of fused-ring (bicyclic) bond motifs is 1. The summed E-state index contributed by atoms with van der Waals surface area (Å²) in [6, 6.07) is 8.46. The number of ether oxygens (including phenoxy) is 1. The Bertz CT molecular complexity index is 839. The van der Waals surface area contributed by atoms with Gasteiger partial charge in [0.05, 0.1) is 12.9 Å². The Labute approximate surface area is 142 Å². The van der Waals surface area contributed by atoms with E-state index in [1.807, 2.05) is 12.1 Å². The van der Waals surface area contributed by atoms with Crippen LogP contribution in [0.5, 0.6) is 0 Å². The van der Waals surface area contributed by atoms with Gasteiger partial charge in [0.25, 0.3) is 0 Å². The van der Waals surface area contributed by atoms with Crippen molar-refractivity contribution >= 4 is 39.2 Å². The normalized spacial score (nSPS) is 11.3. The van der Waals surface area contributed by atoms with Crippen molar-refractivity contribution < 1.29 is 9.53 Å². The van der Waals surface area contributed by atoms with E-state index < -0.39 is 0 Å². The summed E-state index contributed by atoms with van der Waals surface area (Å²) in [6.45, 7) is 4.17. The molecule has 2 aromatic heterocycles. The van der Waals surface area contributed by atoms with Crippen LogP contribution in [0.15, 0.2) is 34.8 Å². The number of thioether (sulfide) groups is 1. The number of nitrogens with zero attached hydrogens (tertiary/aromatic N) is 3. The molecule has 0 bridgehead atoms. The Morgan fingerprint density at radius 2 is 2.13 bits per heavy atom. The molecule has 7 heteroatoms. The molecule has 0 saturated heterocycles. The number of esters is 1. The monoisotopic (exact) mass is 347 g/mol. The minimum Gasteiger partial charge on any atom is -0.468 e. The molecule has 3 rings (SSSR count). The summed E-state index contributed by atoms with van der Waals surface area (Å²) in [4.78, 5) is 11.4. The second-order valence-corrected chi connectivity index (χ2v) is 7.13. The van der Waals surface area contributed by atoms with Gasteiger partial charge in [0, 0.05) is 27.1 Å². The number of carbonyl (C=O) groups is 1. The van der Waals surface area contributed by atoms with Crippen molar-refractivity contribution in [3.05, 3.63) is 29.6 Å². The van der Waals surface area contributed by atoms with Crippen molar-refractivity contribution in [2.45, 2.75) is 25.0 Å². The first-order valence-corrected chi connectivity index (χ1v) is 9.09. The lowest BCUT2D eigenvalue weighted by molar-refractivity contribution is -0.137. The number of carbonyl (C=O) groups excluding carboxylic acids is 1. The molecule has 1 aromatic carbocycles. The highest BCUT2D eigenvalue weighted by molar-refractivity contribution is 7.99. The van der Waals surface area contributed by atoms with Gasteiger partial charge in [0.15, 0.2) is 11.0 Å². The Balaban J connectivity index is 2.02. The van der Waals surface area contributed by atoms with Crippen LogP contribution < -0.4 is 0 Å². The van der Waals surface area contributed by atoms with Crippen LogP contribution in [0.4, 0.5) is 0 Å². The minimum absolute atomic E-state index is 0.193. The SMILES string of the molecule is COC(=O)CSc1nnc(-c2csc3ccccc23)n1C(C)C. The van der Waals surface area contributed by atoms with Crippen LogP contribution in [-0.4, -0.2) is 33.6 Å². The molecule has 0 aliphatic carbocycles. The van der Waals surface area contributed by atoms with Gasteiger partial charge >= 0.3 is 5.97 Å². The summed E-state index contributed by atoms with van der Waals surface area (Å²) in [7, 11) is 1.39. The molecule has 5 nitrogen and oxygen atoms in total. The van der Waals surface area contributed by atoms with Gasteiger partial charge in [-0.1, -0.05) is 30.0 Å². The fourth-order valence-electron chi connectivity index (χ4n) is 2.36. The number of hydrogen-bond donors (Lipinski definition) is 0. The molecular formula is C16H17N3O2S2. The van der Waals surface area contributed by atoms with E-state index in [9.17, 15) is 4.79 Å². The molecule has 0 amide bonds. The molecule has 0 aliphatic heterocycles. The summed E-state index contributed by atoms with van der Waals surface area (Å²) in [6.07, 6.45) is 0. The lowest BCUT2D eigenvalue weighted by Crippen LogP contribution is -2.08. The lowest BCUT2D eigenvalue weighted by Gasteiger charge is -2.13. The molecule has 0 N–H and O–H groups in total. The second-order valence-electron chi connectivity index (χ2n) is 5.28. The fourth-order valence-corrected chi connectivity index (χ4v) is 4.20. The number of methoxy groups -OCH3 is 1. The third-order valence-electron chi connectivity index (χ3n) is 3.45. The molecule has 23 heavy (non-hydrogen) atoms. The number of benzene rings is 1. The van der Waals surface area contributed by atoms with Crippen LogP contribution in [-0.2, 0) is 9.53 Å². The molecule has 2 heterocycles. The van der Waals surface area contributed by atoms with Crippen LogP contribution in [0.3, 0.4) is 0 Å². The van der Waals surface area contributed by atoms with E-state index >= 15 is 0 Å². The summed E-state index contributed by atoms with van der Waals surface area (Å²) >= 11 is 3.05. The van der Waals surface area contributed by atoms with E-state index in [1.165, 1.54) is 29.0 Å². The van der Waals surface area contributed by atoms with Crippen LogP contribution >= 0.6 is 23.1 Å². The summed E-state index contributed by atoms with van der Waals surface area (Å²) in [5.41, 5.74) is 1.08. The molecule has 0 atom stereocenters. The lowest BCUT2D eigenvalue weighted by atomic mass is 10.1. The topological polar surface area (TPSA) is 57.0 Å². The molecule has 0 radical (unpaired) electrons. The van der Waals surface area contributed by atoms with E-state index in [0.29, 0.717) is 0 Å². The molecular weight excluding hydrogens is 330 g/mol. The largest absolute Gasteiger partial charge is 0.468 e. The maximum absolute atomic E-state index is 11.4. The average molecular weight is 347 g/mol. The number of rotatable bonds is 5. The van der Waals surface area contributed by atoms with E-state index in [-0.39, 0.29) is 17.8 Å². The van der Waals surface area contributed by atoms with Crippen LogP contribution in [0.25, 0.3) is 21.5 Å². The van der Waals surface area contributed by atoms with Gasteiger partial charge in [-0.2, -0.15) is 0 Å². The number of aromatic nitrogens is 3. The third kappa shape index (κ3) is 3.11. The van der Waals surface area contributed by atoms with Gasteiger partial charge in [-0.05, 0) is 19.9 Å². The van der Waals surface area contributed by atoms with Crippen LogP contribution in [0.1, 0.15) is 19.9 Å². The van der Waals surface area contributed by atoms with E-state index in [2.05, 4.69) is 46.1 Å². The van der Waals surface area contributed by atoms with Gasteiger partial charge in [-0.25, -0.2) is 0 Å². The van der Waals surface area contributed by atoms with E-state index in [4.69, 9.17) is 4.74 Å². The summed E-state index contributed by atoms with van der Waals surface area (Å²) in [5.74, 6) is 0.798. The first kappa shape index (κ1) is 16.0. The molecule has 0 unspecified atom stereocenters. The highest BCUT2D eigenvalue weighted by Gasteiger charge is 2.20.